The highest BCUT2D eigenvalue weighted by atomic mass is 19.1. The van der Waals surface area contributed by atoms with Gasteiger partial charge in [-0.2, -0.15) is 0 Å². The van der Waals surface area contributed by atoms with Gasteiger partial charge in [0.15, 0.2) is 5.82 Å². The Morgan fingerprint density at radius 1 is 0.906 bits per heavy atom. The summed E-state index contributed by atoms with van der Waals surface area (Å²) in [6.45, 7) is 0. The number of carbonyl (C=O) groups is 1. The molecule has 0 unspecified atom stereocenters. The van der Waals surface area contributed by atoms with Crippen LogP contribution >= 0.6 is 0 Å². The molecular formula is C26H22FN3O2. The summed E-state index contributed by atoms with van der Waals surface area (Å²) in [5.41, 5.74) is 3.62. The number of anilines is 1. The topological polar surface area (TPSA) is 75.1 Å². The molecule has 4 aromatic rings. The van der Waals surface area contributed by atoms with Gasteiger partial charge in [0.25, 0.3) is 0 Å². The molecular weight excluding hydrogens is 405 g/mol. The van der Waals surface area contributed by atoms with E-state index in [1.54, 1.807) is 42.6 Å². The monoisotopic (exact) mass is 427 g/mol. The Balaban J connectivity index is 1.55. The Morgan fingerprint density at radius 3 is 2.31 bits per heavy atom. The van der Waals surface area contributed by atoms with Gasteiger partial charge in [-0.3, -0.25) is 4.79 Å². The van der Waals surface area contributed by atoms with Crippen molar-refractivity contribution in [3.63, 3.8) is 0 Å². The zero-order valence-electron chi connectivity index (χ0n) is 17.3. The number of hydrogen-bond donors (Lipinski definition) is 2. The minimum atomic E-state index is -0.333. The van der Waals surface area contributed by atoms with Crippen molar-refractivity contribution in [2.75, 3.05) is 5.32 Å². The Labute approximate surface area is 185 Å². The highest BCUT2D eigenvalue weighted by molar-refractivity contribution is 5.93. The van der Waals surface area contributed by atoms with Crippen molar-refractivity contribution < 1.29 is 14.3 Å². The van der Waals surface area contributed by atoms with Crippen LogP contribution in [0.25, 0.3) is 22.5 Å². The van der Waals surface area contributed by atoms with E-state index in [0.717, 1.165) is 6.42 Å². The fourth-order valence-electron chi connectivity index (χ4n) is 3.35. The first-order chi connectivity index (χ1) is 15.6. The molecule has 0 saturated heterocycles. The summed E-state index contributed by atoms with van der Waals surface area (Å²) in [4.78, 5) is 21.7. The van der Waals surface area contributed by atoms with Gasteiger partial charge in [0.2, 0.25) is 5.91 Å². The molecule has 0 fully saturated rings. The molecule has 0 bridgehead atoms. The van der Waals surface area contributed by atoms with Crippen LogP contribution in [0.1, 0.15) is 18.4 Å². The summed E-state index contributed by atoms with van der Waals surface area (Å²) < 4.78 is 13.3. The van der Waals surface area contributed by atoms with E-state index in [4.69, 9.17) is 0 Å². The number of hydrogen-bond acceptors (Lipinski definition) is 4. The predicted molar refractivity (Wildman–Crippen MR) is 123 cm³/mol. The molecule has 4 rings (SSSR count). The molecule has 0 aliphatic heterocycles. The van der Waals surface area contributed by atoms with Crippen LogP contribution in [0.3, 0.4) is 0 Å². The van der Waals surface area contributed by atoms with Crippen LogP contribution in [-0.4, -0.2) is 21.0 Å². The van der Waals surface area contributed by atoms with E-state index in [9.17, 15) is 14.3 Å². The number of aryl methyl sites for hydroxylation is 1. The second kappa shape index (κ2) is 9.83. The predicted octanol–water partition coefficient (Wildman–Crippen LogP) is 5.62. The van der Waals surface area contributed by atoms with Crippen molar-refractivity contribution >= 4 is 11.7 Å². The van der Waals surface area contributed by atoms with Crippen LogP contribution < -0.4 is 5.32 Å². The van der Waals surface area contributed by atoms with Gasteiger partial charge in [0.05, 0.1) is 11.9 Å². The van der Waals surface area contributed by atoms with Crippen LogP contribution in [0, 0.1) is 5.82 Å². The van der Waals surface area contributed by atoms with Gasteiger partial charge in [0.1, 0.15) is 17.3 Å². The number of rotatable bonds is 7. The lowest BCUT2D eigenvalue weighted by molar-refractivity contribution is -0.116. The fourth-order valence-corrected chi connectivity index (χ4v) is 3.35. The molecule has 0 spiro atoms. The van der Waals surface area contributed by atoms with E-state index in [1.165, 1.54) is 17.7 Å². The van der Waals surface area contributed by atoms with Crippen LogP contribution in [0.5, 0.6) is 5.75 Å². The maximum Gasteiger partial charge on any atom is 0.225 e. The number of carbonyl (C=O) groups excluding carboxylic acids is 1. The zero-order chi connectivity index (χ0) is 22.3. The van der Waals surface area contributed by atoms with E-state index in [0.29, 0.717) is 41.2 Å². The molecule has 3 aromatic carbocycles. The zero-order valence-corrected chi connectivity index (χ0v) is 17.3. The largest absolute Gasteiger partial charge is 0.508 e. The molecule has 0 radical (unpaired) electrons. The minimum Gasteiger partial charge on any atom is -0.508 e. The number of halogens is 1. The first-order valence-corrected chi connectivity index (χ1v) is 10.3. The van der Waals surface area contributed by atoms with Crippen molar-refractivity contribution in [2.24, 2.45) is 0 Å². The molecule has 6 heteroatoms. The van der Waals surface area contributed by atoms with E-state index < -0.39 is 0 Å². The fraction of sp³-hybridized carbons (Fsp3) is 0.115. The maximum atomic E-state index is 13.3. The average molecular weight is 427 g/mol. The SMILES string of the molecule is O=C(CCCc1ccccc1)Nc1ncc(-c2ccc(F)cc2)nc1-c1ccc(O)cc1. The summed E-state index contributed by atoms with van der Waals surface area (Å²) in [6.07, 6.45) is 3.43. The smallest absolute Gasteiger partial charge is 0.225 e. The Hall–Kier alpha value is -4.06. The van der Waals surface area contributed by atoms with Gasteiger partial charge in [-0.05, 0) is 66.9 Å². The third kappa shape index (κ3) is 5.35. The molecule has 1 aromatic heterocycles. The third-order valence-corrected chi connectivity index (χ3v) is 5.02. The summed E-state index contributed by atoms with van der Waals surface area (Å²) >= 11 is 0. The first kappa shape index (κ1) is 21.2. The minimum absolute atomic E-state index is 0.128. The molecule has 32 heavy (non-hydrogen) atoms. The molecule has 5 nitrogen and oxygen atoms in total. The summed E-state index contributed by atoms with van der Waals surface area (Å²) in [5, 5.41) is 12.5. The normalized spacial score (nSPS) is 10.7. The number of amides is 1. The van der Waals surface area contributed by atoms with E-state index in [2.05, 4.69) is 15.3 Å². The molecule has 0 atom stereocenters. The standard InChI is InChI=1S/C26H22FN3O2/c27-21-13-9-19(10-14-21)23-17-28-26(25(29-23)20-11-15-22(31)16-12-20)30-24(32)8-4-7-18-5-2-1-3-6-18/h1-3,5-6,9-17,31H,4,7-8H2,(H,28,30,32). The number of aromatic hydroxyl groups is 1. The van der Waals surface area contributed by atoms with Crippen LogP contribution in [0.2, 0.25) is 0 Å². The number of nitrogens with zero attached hydrogens (tertiary/aromatic N) is 2. The van der Waals surface area contributed by atoms with Gasteiger partial charge >= 0.3 is 0 Å². The molecule has 0 aliphatic rings. The maximum absolute atomic E-state index is 13.3. The Bertz CT molecular complexity index is 1190. The Kier molecular flexibility index (Phi) is 6.51. The lowest BCUT2D eigenvalue weighted by Crippen LogP contribution is -2.14. The number of benzene rings is 3. The lowest BCUT2D eigenvalue weighted by atomic mass is 10.1. The molecule has 2 N–H and O–H groups in total. The number of phenolic OH excluding ortho intramolecular Hbond substituents is 1. The number of phenols is 1. The van der Waals surface area contributed by atoms with Crippen molar-refractivity contribution in [1.29, 1.82) is 0 Å². The van der Waals surface area contributed by atoms with Gasteiger partial charge in [-0.15, -0.1) is 0 Å². The third-order valence-electron chi connectivity index (χ3n) is 5.02. The Morgan fingerprint density at radius 2 is 1.59 bits per heavy atom. The van der Waals surface area contributed by atoms with Crippen molar-refractivity contribution in [1.82, 2.24) is 9.97 Å². The summed E-state index contributed by atoms with van der Waals surface area (Å²) in [5.74, 6) is -0.0150. The van der Waals surface area contributed by atoms with E-state index in [1.807, 2.05) is 30.3 Å². The van der Waals surface area contributed by atoms with Gasteiger partial charge < -0.3 is 10.4 Å². The van der Waals surface area contributed by atoms with Crippen molar-refractivity contribution in [2.45, 2.75) is 19.3 Å². The van der Waals surface area contributed by atoms with E-state index in [-0.39, 0.29) is 17.5 Å². The summed E-state index contributed by atoms with van der Waals surface area (Å²) in [7, 11) is 0. The average Bonchev–Trinajstić information content (AvgIpc) is 2.81. The van der Waals surface area contributed by atoms with Crippen molar-refractivity contribution in [3.8, 4) is 28.3 Å². The quantitative estimate of drug-likeness (QED) is 0.402. The van der Waals surface area contributed by atoms with Gasteiger partial charge in [-0.25, -0.2) is 14.4 Å². The second-order valence-electron chi connectivity index (χ2n) is 7.39. The van der Waals surface area contributed by atoms with Crippen LogP contribution in [0.15, 0.2) is 85.1 Å². The number of aromatic nitrogens is 2. The molecule has 1 amide bonds. The highest BCUT2D eigenvalue weighted by Gasteiger charge is 2.14. The first-order valence-electron chi connectivity index (χ1n) is 10.3. The van der Waals surface area contributed by atoms with Crippen LogP contribution in [-0.2, 0) is 11.2 Å². The molecule has 1 heterocycles. The molecule has 0 saturated carbocycles. The van der Waals surface area contributed by atoms with Crippen LogP contribution in [0.4, 0.5) is 10.2 Å². The van der Waals surface area contributed by atoms with Crippen molar-refractivity contribution in [3.05, 3.63) is 96.4 Å². The molecule has 0 aliphatic carbocycles. The second-order valence-corrected chi connectivity index (χ2v) is 7.39. The van der Waals surface area contributed by atoms with E-state index >= 15 is 0 Å². The lowest BCUT2D eigenvalue weighted by Gasteiger charge is -2.12. The number of nitrogens with one attached hydrogen (secondary N) is 1. The molecule has 160 valence electrons. The highest BCUT2D eigenvalue weighted by Crippen LogP contribution is 2.29. The van der Waals surface area contributed by atoms with Gasteiger partial charge in [0, 0.05) is 17.5 Å². The van der Waals surface area contributed by atoms with Gasteiger partial charge in [-0.1, -0.05) is 30.3 Å². The summed E-state index contributed by atoms with van der Waals surface area (Å²) in [6, 6.07) is 22.5.